The van der Waals surface area contributed by atoms with Crippen LogP contribution in [0.25, 0.3) is 0 Å². The van der Waals surface area contributed by atoms with Gasteiger partial charge >= 0.3 is 94.9 Å². The smallest absolute Gasteiger partial charge is 1.00 e. The fraction of sp³-hybridized carbons (Fsp3) is 0.900. The second-order valence-corrected chi connectivity index (χ2v) is 23.9. The van der Waals surface area contributed by atoms with Gasteiger partial charge in [0.2, 0.25) is 4.75 Å². The van der Waals surface area contributed by atoms with Gasteiger partial charge in [-0.25, -0.2) is 0 Å². The van der Waals surface area contributed by atoms with E-state index in [1.807, 2.05) is 0 Å². The molecule has 0 radical (unpaired) electrons. The molecule has 7 N–H and O–H groups in total. The fourth-order valence-electron chi connectivity index (χ4n) is 10.8. The van der Waals surface area contributed by atoms with E-state index in [0.29, 0.717) is 56.8 Å². The van der Waals surface area contributed by atoms with Crippen molar-refractivity contribution in [1.82, 2.24) is 0 Å². The van der Waals surface area contributed by atoms with Crippen LogP contribution >= 0.6 is 0 Å². The summed E-state index contributed by atoms with van der Waals surface area (Å²) < 4.78 is 31.3. The molecular weight excluding hydrogens is 1040 g/mol. The van der Waals surface area contributed by atoms with Gasteiger partial charge in [0.25, 0.3) is 10.1 Å². The van der Waals surface area contributed by atoms with Crippen LogP contribution in [0.5, 0.6) is 0 Å². The molecule has 78 heavy (non-hydrogen) atoms. The second kappa shape index (κ2) is 52.5. The average Bonchev–Trinajstić information content (AvgIpc) is 3.35. The minimum Gasteiger partial charge on any atom is -1.00 e. The molecule has 0 aromatic heterocycles. The molecule has 0 aromatic carbocycles. The summed E-state index contributed by atoms with van der Waals surface area (Å²) in [4.78, 5) is 70.3. The molecule has 0 heterocycles. The molecule has 0 aliphatic heterocycles. The van der Waals surface area contributed by atoms with Crippen LogP contribution in [0, 0.1) is 28.6 Å². The third kappa shape index (κ3) is 38.5. The summed E-state index contributed by atoms with van der Waals surface area (Å²) in [6.07, 6.45) is 32.1. The summed E-state index contributed by atoms with van der Waals surface area (Å²) in [6.45, 7) is 16.9. The van der Waals surface area contributed by atoms with E-state index in [0.717, 1.165) is 141 Å². The molecule has 0 bridgehead atoms. The summed E-state index contributed by atoms with van der Waals surface area (Å²) in [5.74, 6) is -8.17. The van der Waals surface area contributed by atoms with Crippen molar-refractivity contribution >= 4 is 45.9 Å². The predicted molar refractivity (Wildman–Crippen MR) is 308 cm³/mol. The molecule has 0 amide bonds. The Morgan fingerprint density at radius 1 is 0.385 bits per heavy atom. The maximum absolute atomic E-state index is 12.1. The first kappa shape index (κ1) is 85.5. The number of rotatable bonds is 50. The quantitative estimate of drug-likeness (QED) is 0.0169. The zero-order valence-electron chi connectivity index (χ0n) is 53.3. The number of carboxylic acids is 6. The molecular formula is C60H116Na2O15S. The first-order valence-corrected chi connectivity index (χ1v) is 31.8. The van der Waals surface area contributed by atoms with Crippen LogP contribution in [-0.2, 0) is 38.9 Å². The van der Waals surface area contributed by atoms with Crippen molar-refractivity contribution in [1.29, 1.82) is 0 Å². The molecule has 0 fully saturated rings. The molecule has 454 valence electrons. The van der Waals surface area contributed by atoms with E-state index in [9.17, 15) is 72.4 Å². The Balaban J connectivity index is -0.000000196. The van der Waals surface area contributed by atoms with Gasteiger partial charge < -0.3 is 33.5 Å². The van der Waals surface area contributed by atoms with E-state index >= 15 is 0 Å². The van der Waals surface area contributed by atoms with Crippen LogP contribution in [0.1, 0.15) is 315 Å². The summed E-state index contributed by atoms with van der Waals surface area (Å²) in [5.41, 5.74) is -2.18. The minimum absolute atomic E-state index is 0. The first-order chi connectivity index (χ1) is 36.0. The normalized spacial score (nSPS) is 14.0. The number of carboxylic acid groups (broad SMARTS) is 6. The van der Waals surface area contributed by atoms with E-state index in [4.69, 9.17) is 0 Å². The van der Waals surface area contributed by atoms with E-state index < -0.39 is 67.4 Å². The summed E-state index contributed by atoms with van der Waals surface area (Å²) in [6, 6.07) is 0. The van der Waals surface area contributed by atoms with Crippen LogP contribution in [0.2, 0.25) is 0 Å². The summed E-state index contributed by atoms with van der Waals surface area (Å²) in [7, 11) is -5.10. The molecule has 0 aromatic rings. The van der Waals surface area contributed by atoms with Gasteiger partial charge in [0, 0.05) is 0 Å². The van der Waals surface area contributed by atoms with Crippen LogP contribution < -0.4 is 59.1 Å². The second-order valence-electron chi connectivity index (χ2n) is 22.2. The molecule has 18 heteroatoms. The first-order valence-electron chi connectivity index (χ1n) is 30.3. The topological polar surface area (TPSA) is 278 Å². The number of unbranched alkanes of at least 4 members (excludes halogenated alkanes) is 22. The van der Waals surface area contributed by atoms with Gasteiger partial charge in [0.1, 0.15) is 0 Å². The largest absolute Gasteiger partial charge is 1.00 e. The molecule has 0 aliphatic carbocycles. The Kier molecular flexibility index (Phi) is 57.6. The number of hydrogen-bond donors (Lipinski definition) is 7. The average molecular weight is 1160 g/mol. The van der Waals surface area contributed by atoms with Gasteiger partial charge in [-0.1, -0.05) is 261 Å². The van der Waals surface area contributed by atoms with Crippen LogP contribution in [-0.4, -0.2) is 84.2 Å². The van der Waals surface area contributed by atoms with E-state index in [-0.39, 0.29) is 94.1 Å². The van der Waals surface area contributed by atoms with Crippen molar-refractivity contribution in [3.05, 3.63) is 0 Å². The number of aliphatic carboxylic acids is 6. The SMILES string of the molecule is CCCCC(CC)CC(CC(=O)O)(CC(CC)CCCC)C(=O)O.CCCCCCCCC(C(=O)O)C(CCCCCCCC)(C(=O)O)S(=O)(=O)O.CCCCCCCCC(CCCCCCCC)(CC(=O)O)C(=O)O.[H-].[H-].[Na+].[Na+]. The van der Waals surface area contributed by atoms with E-state index in [1.165, 1.54) is 38.5 Å². The van der Waals surface area contributed by atoms with Crippen molar-refractivity contribution in [2.75, 3.05) is 0 Å². The zero-order valence-corrected chi connectivity index (χ0v) is 56.1. The summed E-state index contributed by atoms with van der Waals surface area (Å²) >= 11 is 0. The van der Waals surface area contributed by atoms with E-state index in [1.54, 1.807) is 0 Å². The minimum atomic E-state index is -5.10. The van der Waals surface area contributed by atoms with Crippen molar-refractivity contribution in [3.8, 4) is 0 Å². The molecule has 4 atom stereocenters. The predicted octanol–water partition coefficient (Wildman–Crippen LogP) is 10.9. The van der Waals surface area contributed by atoms with Gasteiger partial charge in [0.15, 0.2) is 0 Å². The maximum atomic E-state index is 12.1. The fourth-order valence-corrected chi connectivity index (χ4v) is 12.0. The Bertz CT molecular complexity index is 1630. The van der Waals surface area contributed by atoms with Gasteiger partial charge in [-0.15, -0.1) is 0 Å². The van der Waals surface area contributed by atoms with Crippen molar-refractivity contribution in [3.63, 3.8) is 0 Å². The number of carbonyl (C=O) groups is 6. The van der Waals surface area contributed by atoms with Crippen LogP contribution in [0.15, 0.2) is 0 Å². The molecule has 15 nitrogen and oxygen atoms in total. The maximum Gasteiger partial charge on any atom is 1.00 e. The molecule has 0 spiro atoms. The number of hydrogen-bond acceptors (Lipinski definition) is 8. The monoisotopic (exact) mass is 1150 g/mol. The molecule has 0 saturated carbocycles. The summed E-state index contributed by atoms with van der Waals surface area (Å²) in [5, 5.41) is 57.5. The van der Waals surface area contributed by atoms with Gasteiger partial charge in [-0.3, -0.25) is 33.3 Å². The Morgan fingerprint density at radius 3 is 0.949 bits per heavy atom. The van der Waals surface area contributed by atoms with Crippen molar-refractivity contribution in [2.45, 2.75) is 317 Å². The van der Waals surface area contributed by atoms with Crippen molar-refractivity contribution < 1.29 is 134 Å². The molecule has 0 rings (SSSR count). The Morgan fingerprint density at radius 2 is 0.679 bits per heavy atom. The molecule has 0 aliphatic rings. The zero-order chi connectivity index (χ0) is 58.5. The third-order valence-electron chi connectivity index (χ3n) is 15.8. The van der Waals surface area contributed by atoms with Crippen LogP contribution in [0.4, 0.5) is 0 Å². The molecule has 4 unspecified atom stereocenters. The Labute approximate surface area is 521 Å². The van der Waals surface area contributed by atoms with Gasteiger partial charge in [-0.05, 0) is 50.4 Å². The van der Waals surface area contributed by atoms with Gasteiger partial charge in [0.05, 0.1) is 29.6 Å². The Hall–Kier alpha value is -1.27. The third-order valence-corrected chi connectivity index (χ3v) is 17.4. The van der Waals surface area contributed by atoms with Crippen molar-refractivity contribution in [2.24, 2.45) is 28.6 Å². The van der Waals surface area contributed by atoms with Crippen LogP contribution in [0.3, 0.4) is 0 Å². The van der Waals surface area contributed by atoms with E-state index in [2.05, 4.69) is 55.4 Å². The molecule has 0 saturated heterocycles. The standard InChI is InChI=1S/C20H38O7S.2C20H38O4.2Na.2H/c1-3-5-7-9-11-13-15-17(18(21)22)20(19(23)24,28(25,26)27)16-14-12-10-8-6-4-2;1-5-9-11-16(7-3)13-20(19(23)24,15-18(21)22)14-17(8-4)12-10-6-2;1-3-5-7-9-11-13-15-20(19(23)24,17-18(21)22)16-14-12-10-8-6-4-2;;;;/h17H,3-16H2,1-2H3,(H,21,22)(H,23,24)(H,25,26,27);16-17H,5-15H2,1-4H3,(H,21,22)(H,23,24);3-17H2,1-2H3,(H,21,22)(H,23,24);;;;/q;;;2*+1;2*-1. The van der Waals surface area contributed by atoms with Gasteiger partial charge in [-0.2, -0.15) is 8.42 Å².